The zero-order chi connectivity index (χ0) is 9.80. The van der Waals surface area contributed by atoms with Crippen LogP contribution in [0.2, 0.25) is 0 Å². The van der Waals surface area contributed by atoms with Gasteiger partial charge in [-0.2, -0.15) is 0 Å². The minimum Gasteiger partial charge on any atom is -0.442 e. The van der Waals surface area contributed by atoms with E-state index in [-0.39, 0.29) is 18.3 Å². The van der Waals surface area contributed by atoms with Gasteiger partial charge < -0.3 is 20.1 Å². The molecule has 1 amide bonds. The molecular weight excluding hydrogens is 184 g/mol. The van der Waals surface area contributed by atoms with Crippen LogP contribution in [0.5, 0.6) is 0 Å². The number of nitrogens with one attached hydrogen (secondary N) is 2. The molecule has 2 fully saturated rings. The van der Waals surface area contributed by atoms with Crippen LogP contribution in [0.15, 0.2) is 0 Å². The van der Waals surface area contributed by atoms with Gasteiger partial charge >= 0.3 is 6.09 Å². The highest BCUT2D eigenvalue weighted by Gasteiger charge is 2.24. The molecule has 2 aliphatic rings. The Balaban J connectivity index is 1.63. The molecule has 0 aromatic heterocycles. The van der Waals surface area contributed by atoms with Gasteiger partial charge in [-0.05, 0) is 19.4 Å². The Morgan fingerprint density at radius 1 is 1.50 bits per heavy atom. The average molecular weight is 200 g/mol. The van der Waals surface area contributed by atoms with Crippen LogP contribution in [-0.4, -0.2) is 44.5 Å². The molecule has 80 valence electrons. The normalized spacial score (nSPS) is 32.4. The van der Waals surface area contributed by atoms with E-state index in [4.69, 9.17) is 9.47 Å². The summed E-state index contributed by atoms with van der Waals surface area (Å²) >= 11 is 0. The lowest BCUT2D eigenvalue weighted by Crippen LogP contribution is -2.37. The van der Waals surface area contributed by atoms with Gasteiger partial charge in [-0.15, -0.1) is 0 Å². The molecule has 0 radical (unpaired) electrons. The van der Waals surface area contributed by atoms with E-state index in [1.165, 1.54) is 0 Å². The predicted octanol–water partition coefficient (Wildman–Crippen LogP) is -0.137. The number of carbonyl (C=O) groups is 1. The van der Waals surface area contributed by atoms with Crippen LogP contribution in [0.4, 0.5) is 4.79 Å². The summed E-state index contributed by atoms with van der Waals surface area (Å²) in [5, 5.41) is 5.87. The summed E-state index contributed by atoms with van der Waals surface area (Å²) < 4.78 is 10.6. The van der Waals surface area contributed by atoms with Crippen molar-refractivity contribution in [3.63, 3.8) is 0 Å². The lowest BCUT2D eigenvalue weighted by atomic mass is 10.1. The Hall–Kier alpha value is -0.810. The molecule has 14 heavy (non-hydrogen) atoms. The molecule has 1 unspecified atom stereocenters. The summed E-state index contributed by atoms with van der Waals surface area (Å²) in [5.74, 6) is 0. The number of piperidine rings is 1. The summed E-state index contributed by atoms with van der Waals surface area (Å²) in [4.78, 5) is 10.7. The van der Waals surface area contributed by atoms with Gasteiger partial charge in [-0.25, -0.2) is 4.79 Å². The van der Waals surface area contributed by atoms with Crippen molar-refractivity contribution >= 4 is 6.09 Å². The zero-order valence-corrected chi connectivity index (χ0v) is 8.12. The third kappa shape index (κ3) is 2.59. The smallest absolute Gasteiger partial charge is 0.407 e. The molecule has 0 saturated carbocycles. The fourth-order valence-electron chi connectivity index (χ4n) is 1.73. The first-order valence-corrected chi connectivity index (χ1v) is 5.11. The molecular formula is C9H16N2O3. The van der Waals surface area contributed by atoms with E-state index in [0.29, 0.717) is 13.2 Å². The zero-order valence-electron chi connectivity index (χ0n) is 8.12. The first-order valence-electron chi connectivity index (χ1n) is 5.11. The molecule has 0 aliphatic carbocycles. The molecule has 2 atom stereocenters. The van der Waals surface area contributed by atoms with E-state index in [1.807, 2.05) is 0 Å². The number of alkyl carbamates (subject to hydrolysis) is 1. The minimum atomic E-state index is -0.333. The maximum Gasteiger partial charge on any atom is 0.407 e. The van der Waals surface area contributed by atoms with E-state index in [9.17, 15) is 4.79 Å². The minimum absolute atomic E-state index is 0.107. The summed E-state index contributed by atoms with van der Waals surface area (Å²) in [6, 6.07) is 0. The van der Waals surface area contributed by atoms with Crippen LogP contribution in [0.1, 0.15) is 12.8 Å². The molecule has 0 spiro atoms. The van der Waals surface area contributed by atoms with Crippen molar-refractivity contribution in [1.29, 1.82) is 0 Å². The highest BCUT2D eigenvalue weighted by molar-refractivity contribution is 5.69. The van der Waals surface area contributed by atoms with Crippen LogP contribution in [-0.2, 0) is 9.47 Å². The molecule has 2 N–H and O–H groups in total. The highest BCUT2D eigenvalue weighted by atomic mass is 16.6. The summed E-state index contributed by atoms with van der Waals surface area (Å²) in [5.41, 5.74) is 0. The molecule has 5 nitrogen and oxygen atoms in total. The van der Waals surface area contributed by atoms with Gasteiger partial charge in [0.25, 0.3) is 0 Å². The Bertz CT molecular complexity index is 204. The van der Waals surface area contributed by atoms with Gasteiger partial charge in [0.15, 0.2) is 0 Å². The van der Waals surface area contributed by atoms with Crippen molar-refractivity contribution in [1.82, 2.24) is 10.6 Å². The van der Waals surface area contributed by atoms with Crippen LogP contribution >= 0.6 is 0 Å². The molecule has 2 rings (SSSR count). The SMILES string of the molecule is O=C1NCC(CO[C@H]2CCCNC2)O1. The lowest BCUT2D eigenvalue weighted by Gasteiger charge is -2.23. The number of hydrogen-bond donors (Lipinski definition) is 2. The fourth-order valence-corrected chi connectivity index (χ4v) is 1.73. The van der Waals surface area contributed by atoms with Gasteiger partial charge in [0.1, 0.15) is 6.10 Å². The van der Waals surface area contributed by atoms with Gasteiger partial charge in [0.2, 0.25) is 0 Å². The maximum atomic E-state index is 10.7. The van der Waals surface area contributed by atoms with Gasteiger partial charge in [0.05, 0.1) is 19.3 Å². The quantitative estimate of drug-likeness (QED) is 0.666. The number of amides is 1. The second-order valence-electron chi connectivity index (χ2n) is 3.71. The number of ether oxygens (including phenoxy) is 2. The second kappa shape index (κ2) is 4.61. The molecule has 2 aliphatic heterocycles. The summed E-state index contributed by atoms with van der Waals surface area (Å²) in [6.45, 7) is 3.07. The van der Waals surface area contributed by atoms with Crippen LogP contribution in [0.3, 0.4) is 0 Å². The third-order valence-corrected chi connectivity index (χ3v) is 2.52. The van der Waals surface area contributed by atoms with Crippen LogP contribution in [0, 0.1) is 0 Å². The summed E-state index contributed by atoms with van der Waals surface area (Å²) in [7, 11) is 0. The van der Waals surface area contributed by atoms with E-state index in [2.05, 4.69) is 10.6 Å². The Morgan fingerprint density at radius 3 is 3.07 bits per heavy atom. The number of hydrogen-bond acceptors (Lipinski definition) is 4. The van der Waals surface area contributed by atoms with Crippen molar-refractivity contribution in [2.24, 2.45) is 0 Å². The molecule has 2 heterocycles. The standard InChI is InChI=1S/C9H16N2O3/c12-9-11-5-8(14-9)6-13-7-2-1-3-10-4-7/h7-8,10H,1-6H2,(H,11,12)/t7-,8?/m0/s1. The molecule has 5 heteroatoms. The largest absolute Gasteiger partial charge is 0.442 e. The molecule has 0 bridgehead atoms. The number of carbonyl (C=O) groups excluding carboxylic acids is 1. The van der Waals surface area contributed by atoms with E-state index in [1.54, 1.807) is 0 Å². The van der Waals surface area contributed by atoms with Crippen molar-refractivity contribution in [2.75, 3.05) is 26.2 Å². The lowest BCUT2D eigenvalue weighted by molar-refractivity contribution is -0.00941. The van der Waals surface area contributed by atoms with Crippen LogP contribution < -0.4 is 10.6 Å². The Kier molecular flexibility index (Phi) is 3.21. The van der Waals surface area contributed by atoms with E-state index in [0.717, 1.165) is 25.9 Å². The highest BCUT2D eigenvalue weighted by Crippen LogP contribution is 2.08. The van der Waals surface area contributed by atoms with Gasteiger partial charge in [-0.1, -0.05) is 0 Å². The van der Waals surface area contributed by atoms with Crippen molar-refractivity contribution < 1.29 is 14.3 Å². The van der Waals surface area contributed by atoms with Crippen molar-refractivity contribution in [3.05, 3.63) is 0 Å². The fraction of sp³-hybridized carbons (Fsp3) is 0.889. The average Bonchev–Trinajstić information content (AvgIpc) is 2.63. The third-order valence-electron chi connectivity index (χ3n) is 2.52. The van der Waals surface area contributed by atoms with Gasteiger partial charge in [-0.3, -0.25) is 0 Å². The Morgan fingerprint density at radius 2 is 2.43 bits per heavy atom. The monoisotopic (exact) mass is 200 g/mol. The predicted molar refractivity (Wildman–Crippen MR) is 50.1 cm³/mol. The maximum absolute atomic E-state index is 10.7. The first-order chi connectivity index (χ1) is 6.84. The second-order valence-corrected chi connectivity index (χ2v) is 3.71. The van der Waals surface area contributed by atoms with Crippen molar-refractivity contribution in [2.45, 2.75) is 25.0 Å². The van der Waals surface area contributed by atoms with Crippen molar-refractivity contribution in [3.8, 4) is 0 Å². The summed E-state index contributed by atoms with van der Waals surface area (Å²) in [6.07, 6.45) is 2.10. The molecule has 0 aromatic rings. The molecule has 2 saturated heterocycles. The van der Waals surface area contributed by atoms with E-state index < -0.39 is 0 Å². The van der Waals surface area contributed by atoms with E-state index >= 15 is 0 Å². The van der Waals surface area contributed by atoms with Gasteiger partial charge in [0, 0.05) is 6.54 Å². The number of rotatable bonds is 3. The number of cyclic esters (lactones) is 1. The Labute approximate surface area is 83.1 Å². The first kappa shape index (κ1) is 9.73. The topological polar surface area (TPSA) is 59.6 Å². The molecule has 0 aromatic carbocycles. The van der Waals surface area contributed by atoms with Crippen LogP contribution in [0.25, 0.3) is 0 Å².